The molecule has 0 bridgehead atoms. The molecule has 0 radical (unpaired) electrons. The topological polar surface area (TPSA) is 99.0 Å². The molecule has 2 saturated heterocycles. The standard InChI is InChI=1S/C20H23N5O4/c1-14-11-17(22-29-14)21-18(26)12-23-9-7-15(8-10-23)24-13-19(27)25(20(24)28)16-5-3-2-4-6-16/h2-6,11,15H,7-10,12-13H2,1H3,(H,21,22,26). The van der Waals surface area contributed by atoms with Gasteiger partial charge in [-0.3, -0.25) is 14.5 Å². The van der Waals surface area contributed by atoms with Gasteiger partial charge < -0.3 is 14.7 Å². The lowest BCUT2D eigenvalue weighted by atomic mass is 10.0. The number of anilines is 2. The fraction of sp³-hybridized carbons (Fsp3) is 0.400. The third kappa shape index (κ3) is 4.14. The van der Waals surface area contributed by atoms with Crippen LogP contribution in [0.2, 0.25) is 0 Å². The summed E-state index contributed by atoms with van der Waals surface area (Å²) in [5.74, 6) is 0.686. The third-order valence-electron chi connectivity index (χ3n) is 5.27. The summed E-state index contributed by atoms with van der Waals surface area (Å²) in [6.07, 6.45) is 1.44. The molecule has 29 heavy (non-hydrogen) atoms. The zero-order chi connectivity index (χ0) is 20.4. The summed E-state index contributed by atoms with van der Waals surface area (Å²) < 4.78 is 4.94. The molecule has 0 spiro atoms. The maximum atomic E-state index is 12.8. The van der Waals surface area contributed by atoms with E-state index in [1.807, 2.05) is 23.1 Å². The molecule has 1 aromatic heterocycles. The average molecular weight is 397 g/mol. The maximum Gasteiger partial charge on any atom is 0.332 e. The van der Waals surface area contributed by atoms with Gasteiger partial charge in [0.05, 0.1) is 12.2 Å². The molecule has 0 unspecified atom stereocenters. The number of aromatic nitrogens is 1. The Hall–Kier alpha value is -3.20. The van der Waals surface area contributed by atoms with Crippen molar-refractivity contribution in [3.8, 4) is 0 Å². The number of urea groups is 1. The van der Waals surface area contributed by atoms with Gasteiger partial charge in [0, 0.05) is 25.2 Å². The molecule has 0 atom stereocenters. The van der Waals surface area contributed by atoms with Crippen LogP contribution >= 0.6 is 0 Å². The molecule has 3 heterocycles. The van der Waals surface area contributed by atoms with Crippen molar-refractivity contribution in [1.82, 2.24) is 15.0 Å². The van der Waals surface area contributed by atoms with Crippen molar-refractivity contribution in [3.05, 3.63) is 42.2 Å². The highest BCUT2D eigenvalue weighted by Gasteiger charge is 2.41. The van der Waals surface area contributed by atoms with Gasteiger partial charge >= 0.3 is 6.03 Å². The molecule has 2 aliphatic heterocycles. The minimum atomic E-state index is -0.265. The molecular formula is C20H23N5O4. The van der Waals surface area contributed by atoms with Crippen molar-refractivity contribution >= 4 is 29.4 Å². The second-order valence-corrected chi connectivity index (χ2v) is 7.35. The van der Waals surface area contributed by atoms with Gasteiger partial charge in [0.2, 0.25) is 5.91 Å². The van der Waals surface area contributed by atoms with Crippen molar-refractivity contribution in [2.75, 3.05) is 36.4 Å². The average Bonchev–Trinajstić information content (AvgIpc) is 3.25. The van der Waals surface area contributed by atoms with Crippen molar-refractivity contribution < 1.29 is 18.9 Å². The Labute approximate surface area is 168 Å². The van der Waals surface area contributed by atoms with E-state index in [2.05, 4.69) is 10.5 Å². The van der Waals surface area contributed by atoms with E-state index in [1.165, 1.54) is 4.90 Å². The molecule has 9 heteroatoms. The summed E-state index contributed by atoms with van der Waals surface area (Å²) in [6, 6.07) is 10.4. The molecule has 9 nitrogen and oxygen atoms in total. The summed E-state index contributed by atoms with van der Waals surface area (Å²) in [4.78, 5) is 42.3. The number of carbonyl (C=O) groups is 3. The van der Waals surface area contributed by atoms with E-state index in [4.69, 9.17) is 4.52 Å². The van der Waals surface area contributed by atoms with Crippen LogP contribution in [0.4, 0.5) is 16.3 Å². The van der Waals surface area contributed by atoms with E-state index in [9.17, 15) is 14.4 Å². The Morgan fingerprint density at radius 1 is 1.21 bits per heavy atom. The van der Waals surface area contributed by atoms with Crippen LogP contribution < -0.4 is 10.2 Å². The van der Waals surface area contributed by atoms with Crippen molar-refractivity contribution in [1.29, 1.82) is 0 Å². The Kier molecular flexibility index (Phi) is 5.30. The third-order valence-corrected chi connectivity index (χ3v) is 5.27. The lowest BCUT2D eigenvalue weighted by Gasteiger charge is -2.35. The highest BCUT2D eigenvalue weighted by atomic mass is 16.5. The first-order chi connectivity index (χ1) is 14.0. The summed E-state index contributed by atoms with van der Waals surface area (Å²) >= 11 is 0. The van der Waals surface area contributed by atoms with Crippen LogP contribution in [0, 0.1) is 6.92 Å². The van der Waals surface area contributed by atoms with Gasteiger partial charge in [-0.15, -0.1) is 0 Å². The first kappa shape index (κ1) is 19.1. The normalized spacial score (nSPS) is 18.5. The first-order valence-corrected chi connectivity index (χ1v) is 9.65. The van der Waals surface area contributed by atoms with Crippen LogP contribution in [0.25, 0.3) is 0 Å². The van der Waals surface area contributed by atoms with Gasteiger partial charge in [0.1, 0.15) is 12.3 Å². The van der Waals surface area contributed by atoms with E-state index >= 15 is 0 Å². The molecule has 4 amide bonds. The lowest BCUT2D eigenvalue weighted by molar-refractivity contribution is -0.117. The molecule has 0 aliphatic carbocycles. The number of para-hydroxylation sites is 1. The van der Waals surface area contributed by atoms with E-state index in [-0.39, 0.29) is 37.0 Å². The van der Waals surface area contributed by atoms with Crippen LogP contribution in [0.1, 0.15) is 18.6 Å². The minimum Gasteiger partial charge on any atom is -0.360 e. The number of aryl methyl sites for hydroxylation is 1. The van der Waals surface area contributed by atoms with Crippen molar-refractivity contribution in [2.24, 2.45) is 0 Å². The molecule has 2 aliphatic rings. The zero-order valence-electron chi connectivity index (χ0n) is 16.2. The molecule has 1 aromatic carbocycles. The van der Waals surface area contributed by atoms with E-state index in [1.54, 1.807) is 30.0 Å². The summed E-state index contributed by atoms with van der Waals surface area (Å²) in [6.45, 7) is 3.47. The number of benzene rings is 1. The molecule has 0 saturated carbocycles. The fourth-order valence-electron chi connectivity index (χ4n) is 3.84. The minimum absolute atomic E-state index is 0.00216. The molecule has 2 fully saturated rings. The van der Waals surface area contributed by atoms with Crippen molar-refractivity contribution in [3.63, 3.8) is 0 Å². The van der Waals surface area contributed by atoms with Gasteiger partial charge in [0.25, 0.3) is 5.91 Å². The number of piperidine rings is 1. The zero-order valence-corrected chi connectivity index (χ0v) is 16.2. The maximum absolute atomic E-state index is 12.8. The number of hydrogen-bond donors (Lipinski definition) is 1. The Morgan fingerprint density at radius 3 is 2.59 bits per heavy atom. The number of carbonyl (C=O) groups excluding carboxylic acids is 3. The number of amides is 4. The highest BCUT2D eigenvalue weighted by molar-refractivity contribution is 6.19. The van der Waals surface area contributed by atoms with Crippen LogP contribution in [-0.4, -0.2) is 65.0 Å². The SMILES string of the molecule is Cc1cc(NC(=O)CN2CCC(N3CC(=O)N(c4ccccc4)C3=O)CC2)no1. The second-order valence-electron chi connectivity index (χ2n) is 7.35. The molecule has 2 aromatic rings. The number of nitrogens with one attached hydrogen (secondary N) is 1. The van der Waals surface area contributed by atoms with E-state index in [0.29, 0.717) is 30.4 Å². The van der Waals surface area contributed by atoms with Crippen LogP contribution in [0.15, 0.2) is 40.9 Å². The van der Waals surface area contributed by atoms with Gasteiger partial charge in [-0.1, -0.05) is 23.4 Å². The Morgan fingerprint density at radius 2 is 1.93 bits per heavy atom. The van der Waals surface area contributed by atoms with Crippen LogP contribution in [-0.2, 0) is 9.59 Å². The predicted octanol–water partition coefficient (Wildman–Crippen LogP) is 1.85. The second kappa shape index (κ2) is 8.04. The van der Waals surface area contributed by atoms with E-state index in [0.717, 1.165) is 12.8 Å². The van der Waals surface area contributed by atoms with Crippen LogP contribution in [0.5, 0.6) is 0 Å². The summed E-state index contributed by atoms with van der Waals surface area (Å²) in [5.41, 5.74) is 0.599. The van der Waals surface area contributed by atoms with Gasteiger partial charge in [-0.25, -0.2) is 9.69 Å². The molecular weight excluding hydrogens is 374 g/mol. The summed E-state index contributed by atoms with van der Waals surface area (Å²) in [7, 11) is 0. The Balaban J connectivity index is 1.30. The molecule has 152 valence electrons. The van der Waals surface area contributed by atoms with Crippen LogP contribution in [0.3, 0.4) is 0 Å². The number of likely N-dealkylation sites (tertiary alicyclic amines) is 1. The first-order valence-electron chi connectivity index (χ1n) is 9.65. The van der Waals surface area contributed by atoms with Gasteiger partial charge in [-0.2, -0.15) is 0 Å². The number of hydrogen-bond acceptors (Lipinski definition) is 6. The predicted molar refractivity (Wildman–Crippen MR) is 105 cm³/mol. The highest BCUT2D eigenvalue weighted by Crippen LogP contribution is 2.26. The number of rotatable bonds is 5. The number of nitrogens with zero attached hydrogens (tertiary/aromatic N) is 4. The smallest absolute Gasteiger partial charge is 0.332 e. The molecule has 4 rings (SSSR count). The molecule has 1 N–H and O–H groups in total. The largest absolute Gasteiger partial charge is 0.360 e. The quantitative estimate of drug-likeness (QED) is 0.773. The van der Waals surface area contributed by atoms with Crippen molar-refractivity contribution in [2.45, 2.75) is 25.8 Å². The van der Waals surface area contributed by atoms with E-state index < -0.39 is 0 Å². The lowest BCUT2D eigenvalue weighted by Crippen LogP contribution is -2.48. The Bertz CT molecular complexity index is 905. The monoisotopic (exact) mass is 397 g/mol. The summed E-state index contributed by atoms with van der Waals surface area (Å²) in [5, 5.41) is 6.47. The number of imide groups is 1. The van der Waals surface area contributed by atoms with Gasteiger partial charge in [0.15, 0.2) is 5.82 Å². The van der Waals surface area contributed by atoms with Gasteiger partial charge in [-0.05, 0) is 31.9 Å². The fourth-order valence-corrected chi connectivity index (χ4v) is 3.84.